The van der Waals surface area contributed by atoms with Gasteiger partial charge in [0.25, 0.3) is 0 Å². The number of carbonyl (C=O) groups is 2. The number of likely N-dealkylation sites (tertiary alicyclic amines) is 2. The molecule has 2 saturated heterocycles. The van der Waals surface area contributed by atoms with E-state index in [0.717, 1.165) is 55.8 Å². The number of hydrogen-bond donors (Lipinski definition) is 0. The molecule has 5 nitrogen and oxygen atoms in total. The van der Waals surface area contributed by atoms with Gasteiger partial charge in [-0.05, 0) is 18.8 Å². The van der Waals surface area contributed by atoms with Crippen LogP contribution in [0.15, 0.2) is 0 Å². The molecule has 192 valence electrons. The van der Waals surface area contributed by atoms with Gasteiger partial charge in [0.2, 0.25) is 5.91 Å². The molecule has 0 aromatic heterocycles. The number of piperidine rings is 1. The zero-order valence-corrected chi connectivity index (χ0v) is 23.8. The van der Waals surface area contributed by atoms with E-state index in [0.29, 0.717) is 23.3 Å². The Balaban J connectivity index is 1.75. The Kier molecular flexibility index (Phi) is 13.6. The maximum atomic E-state index is 12.7. The Labute approximate surface area is 217 Å². The standard InChI is InChI=1S/C27H50IN2O3/c1-4-5-6-7-8-9-10-11-12-15-27(32)33-25(21-29-18-13-14-26(29)31)22-30(3)19-16-24(17-20-30)23(2)28/h23-25H,4-22H2,1-3H3/q+1/t23-,24?,25?,30?/m1/s1. The lowest BCUT2D eigenvalue weighted by atomic mass is 9.92. The van der Waals surface area contributed by atoms with E-state index in [1.165, 1.54) is 57.8 Å². The SMILES string of the molecule is CCCCCCCCCCCC(=O)OC(CN1CCCC1=O)C[N+]1(C)CCC([C@@H](C)I)CC1. The second kappa shape index (κ2) is 15.6. The van der Waals surface area contributed by atoms with Crippen molar-refractivity contribution in [1.82, 2.24) is 4.90 Å². The molecule has 2 rings (SSSR count). The van der Waals surface area contributed by atoms with Gasteiger partial charge in [-0.15, -0.1) is 0 Å². The van der Waals surface area contributed by atoms with Gasteiger partial charge in [-0.25, -0.2) is 0 Å². The second-order valence-electron chi connectivity index (χ2n) is 10.9. The van der Waals surface area contributed by atoms with E-state index < -0.39 is 0 Å². The number of hydrogen-bond acceptors (Lipinski definition) is 3. The summed E-state index contributed by atoms with van der Waals surface area (Å²) in [6.07, 6.45) is 15.6. The second-order valence-corrected chi connectivity index (χ2v) is 12.9. The summed E-state index contributed by atoms with van der Waals surface area (Å²) >= 11 is 2.56. The van der Waals surface area contributed by atoms with Crippen molar-refractivity contribution in [2.45, 2.75) is 114 Å². The fraction of sp³-hybridized carbons (Fsp3) is 0.926. The Bertz CT molecular complexity index is 576. The minimum Gasteiger partial charge on any atom is -0.454 e. The lowest BCUT2D eigenvalue weighted by Gasteiger charge is -2.43. The normalized spacial score (nSPS) is 25.3. The number of ether oxygens (including phenoxy) is 1. The van der Waals surface area contributed by atoms with Crippen molar-refractivity contribution in [2.24, 2.45) is 5.92 Å². The van der Waals surface area contributed by atoms with Crippen LogP contribution in [-0.2, 0) is 14.3 Å². The fourth-order valence-electron chi connectivity index (χ4n) is 5.44. The number of alkyl halides is 1. The Morgan fingerprint density at radius 1 is 1.09 bits per heavy atom. The van der Waals surface area contributed by atoms with Crippen LogP contribution < -0.4 is 0 Å². The molecule has 0 saturated carbocycles. The molecule has 1 amide bonds. The number of likely N-dealkylation sites (N-methyl/N-ethyl adjacent to an activating group) is 1. The lowest BCUT2D eigenvalue weighted by Crippen LogP contribution is -2.56. The molecule has 2 fully saturated rings. The van der Waals surface area contributed by atoms with E-state index in [4.69, 9.17) is 4.74 Å². The summed E-state index contributed by atoms with van der Waals surface area (Å²) in [6, 6.07) is 0. The zero-order chi connectivity index (χ0) is 24.1. The number of halogens is 1. The first-order valence-corrected chi connectivity index (χ1v) is 15.0. The van der Waals surface area contributed by atoms with Crippen LogP contribution in [0.1, 0.15) is 104 Å². The van der Waals surface area contributed by atoms with Gasteiger partial charge in [-0.1, -0.05) is 87.8 Å². The van der Waals surface area contributed by atoms with Crippen LogP contribution >= 0.6 is 22.6 Å². The molecule has 2 atom stereocenters. The third kappa shape index (κ3) is 11.3. The summed E-state index contributed by atoms with van der Waals surface area (Å²) in [7, 11) is 2.31. The molecule has 2 aliphatic rings. The third-order valence-electron chi connectivity index (χ3n) is 7.75. The number of nitrogens with zero attached hydrogens (tertiary/aromatic N) is 2. The van der Waals surface area contributed by atoms with Crippen molar-refractivity contribution in [2.75, 3.05) is 39.8 Å². The average molecular weight is 578 g/mol. The summed E-state index contributed by atoms with van der Waals surface area (Å²) in [5, 5.41) is 0. The number of esters is 1. The van der Waals surface area contributed by atoms with Gasteiger partial charge in [0.15, 0.2) is 6.10 Å². The highest BCUT2D eigenvalue weighted by Gasteiger charge is 2.36. The highest BCUT2D eigenvalue weighted by Crippen LogP contribution is 2.29. The maximum absolute atomic E-state index is 12.7. The number of carbonyl (C=O) groups excluding carboxylic acids is 2. The summed E-state index contributed by atoms with van der Waals surface area (Å²) in [4.78, 5) is 26.8. The molecule has 0 bridgehead atoms. The van der Waals surface area contributed by atoms with Gasteiger partial charge in [0.1, 0.15) is 6.54 Å². The molecule has 0 aromatic rings. The Morgan fingerprint density at radius 3 is 2.24 bits per heavy atom. The molecular weight excluding hydrogens is 527 g/mol. The van der Waals surface area contributed by atoms with Crippen LogP contribution in [0, 0.1) is 5.92 Å². The molecule has 6 heteroatoms. The summed E-state index contributed by atoms with van der Waals surface area (Å²) < 4.78 is 7.69. The molecule has 2 heterocycles. The zero-order valence-electron chi connectivity index (χ0n) is 21.7. The molecule has 0 spiro atoms. The van der Waals surface area contributed by atoms with Crippen LogP contribution in [-0.4, -0.2) is 71.1 Å². The molecule has 33 heavy (non-hydrogen) atoms. The van der Waals surface area contributed by atoms with Gasteiger partial charge in [-0.2, -0.15) is 0 Å². The topological polar surface area (TPSA) is 46.6 Å². The van der Waals surface area contributed by atoms with Crippen molar-refractivity contribution in [3.8, 4) is 0 Å². The summed E-state index contributed by atoms with van der Waals surface area (Å²) in [6.45, 7) is 9.05. The third-order valence-corrected chi connectivity index (χ3v) is 8.77. The Morgan fingerprint density at radius 2 is 1.70 bits per heavy atom. The van der Waals surface area contributed by atoms with Gasteiger partial charge in [-0.3, -0.25) is 9.59 Å². The van der Waals surface area contributed by atoms with E-state index in [2.05, 4.69) is 43.5 Å². The molecule has 2 aliphatic heterocycles. The highest BCUT2D eigenvalue weighted by atomic mass is 127. The molecule has 0 aliphatic carbocycles. The van der Waals surface area contributed by atoms with Crippen LogP contribution in [0.25, 0.3) is 0 Å². The summed E-state index contributed by atoms with van der Waals surface area (Å²) in [5.74, 6) is 0.941. The lowest BCUT2D eigenvalue weighted by molar-refractivity contribution is -0.917. The predicted molar refractivity (Wildman–Crippen MR) is 145 cm³/mol. The average Bonchev–Trinajstić information content (AvgIpc) is 3.16. The molecule has 0 N–H and O–H groups in total. The largest absolute Gasteiger partial charge is 0.454 e. The van der Waals surface area contributed by atoms with Gasteiger partial charge < -0.3 is 14.1 Å². The monoisotopic (exact) mass is 577 g/mol. The number of amides is 1. The minimum absolute atomic E-state index is 0.0723. The van der Waals surface area contributed by atoms with Crippen LogP contribution in [0.5, 0.6) is 0 Å². The quantitative estimate of drug-likeness (QED) is 0.0730. The van der Waals surface area contributed by atoms with Gasteiger partial charge >= 0.3 is 5.97 Å². The first-order valence-electron chi connectivity index (χ1n) is 13.8. The van der Waals surface area contributed by atoms with E-state index in [1.54, 1.807) is 0 Å². The highest BCUT2D eigenvalue weighted by molar-refractivity contribution is 14.1. The van der Waals surface area contributed by atoms with E-state index in [1.807, 2.05) is 4.90 Å². The maximum Gasteiger partial charge on any atom is 0.306 e. The van der Waals surface area contributed by atoms with Gasteiger partial charge in [0.05, 0.1) is 26.7 Å². The first-order chi connectivity index (χ1) is 15.8. The van der Waals surface area contributed by atoms with Gasteiger partial charge in [0, 0.05) is 36.2 Å². The van der Waals surface area contributed by atoms with E-state index in [9.17, 15) is 9.59 Å². The van der Waals surface area contributed by atoms with Crippen molar-refractivity contribution >= 4 is 34.5 Å². The molecule has 0 radical (unpaired) electrons. The smallest absolute Gasteiger partial charge is 0.306 e. The van der Waals surface area contributed by atoms with E-state index >= 15 is 0 Å². The summed E-state index contributed by atoms with van der Waals surface area (Å²) in [5.41, 5.74) is 0. The van der Waals surface area contributed by atoms with E-state index in [-0.39, 0.29) is 18.0 Å². The van der Waals surface area contributed by atoms with Crippen molar-refractivity contribution in [3.63, 3.8) is 0 Å². The molecular formula is C27H50IN2O3+. The Hall–Kier alpha value is -0.370. The number of quaternary nitrogens is 1. The van der Waals surface area contributed by atoms with Crippen LogP contribution in [0.2, 0.25) is 0 Å². The number of unbranched alkanes of at least 4 members (excludes halogenated alkanes) is 8. The van der Waals surface area contributed by atoms with Crippen LogP contribution in [0.4, 0.5) is 0 Å². The minimum atomic E-state index is -0.184. The molecule has 1 unspecified atom stereocenters. The first kappa shape index (κ1) is 28.9. The number of rotatable bonds is 16. The van der Waals surface area contributed by atoms with Crippen LogP contribution in [0.3, 0.4) is 0 Å². The van der Waals surface area contributed by atoms with Crippen molar-refractivity contribution in [3.05, 3.63) is 0 Å². The van der Waals surface area contributed by atoms with Crippen molar-refractivity contribution < 1.29 is 18.8 Å². The molecule has 0 aromatic carbocycles. The fourth-order valence-corrected chi connectivity index (χ4v) is 6.16. The van der Waals surface area contributed by atoms with Crippen molar-refractivity contribution in [1.29, 1.82) is 0 Å². The predicted octanol–water partition coefficient (Wildman–Crippen LogP) is 6.12.